The fourth-order valence-corrected chi connectivity index (χ4v) is 3.01. The predicted octanol–water partition coefficient (Wildman–Crippen LogP) is 2.44. The van der Waals surface area contributed by atoms with E-state index in [9.17, 15) is 19.5 Å². The third-order valence-corrected chi connectivity index (χ3v) is 4.72. The van der Waals surface area contributed by atoms with E-state index < -0.39 is 23.9 Å². The number of imide groups is 1. The molecule has 2 aromatic carbocycles. The Hall–Kier alpha value is -3.83. The average molecular weight is 423 g/mol. The Labute approximate surface area is 179 Å². The number of hydrogen-bond donors (Lipinski definition) is 1. The molecule has 2 aromatic rings. The minimum absolute atomic E-state index is 0.0386. The highest BCUT2D eigenvalue weighted by atomic mass is 16.5. The monoisotopic (exact) mass is 423 g/mol. The van der Waals surface area contributed by atoms with Gasteiger partial charge in [-0.1, -0.05) is 12.8 Å². The highest BCUT2D eigenvalue weighted by Crippen LogP contribution is 2.35. The number of ether oxygens (including phenoxy) is 3. The van der Waals surface area contributed by atoms with Crippen molar-refractivity contribution >= 4 is 23.5 Å². The molecule has 31 heavy (non-hydrogen) atoms. The van der Waals surface area contributed by atoms with E-state index in [4.69, 9.17) is 20.6 Å². The molecule has 1 aliphatic heterocycles. The normalized spacial score (nSPS) is 13.4. The first-order chi connectivity index (χ1) is 14.9. The Bertz CT molecular complexity index is 1070. The minimum atomic E-state index is -0.764. The Kier molecular flexibility index (Phi) is 6.58. The van der Waals surface area contributed by atoms with E-state index in [2.05, 4.69) is 5.92 Å². The van der Waals surface area contributed by atoms with E-state index in [-0.39, 0.29) is 35.6 Å². The quantitative estimate of drug-likeness (QED) is 0.395. The van der Waals surface area contributed by atoms with Crippen molar-refractivity contribution < 1.29 is 33.7 Å². The largest absolute Gasteiger partial charge is 0.493 e. The molecule has 1 atom stereocenters. The number of anilines is 1. The SMILES string of the molecule is C#CCOc1ccc(N2C(=O)c3ccc(C(=O)OCC(O)CC)cc3C2=O)cc1OC. The first-order valence-electron chi connectivity index (χ1n) is 9.53. The number of benzene rings is 2. The third-order valence-electron chi connectivity index (χ3n) is 4.72. The number of rotatable bonds is 8. The molecular formula is C23H21NO7. The maximum absolute atomic E-state index is 13.0. The van der Waals surface area contributed by atoms with Gasteiger partial charge in [0.1, 0.15) is 13.2 Å². The molecule has 1 aliphatic rings. The van der Waals surface area contributed by atoms with Gasteiger partial charge < -0.3 is 19.3 Å². The van der Waals surface area contributed by atoms with Gasteiger partial charge in [0.25, 0.3) is 11.8 Å². The molecule has 3 rings (SSSR count). The summed E-state index contributed by atoms with van der Waals surface area (Å²) in [6, 6.07) is 8.72. The lowest BCUT2D eigenvalue weighted by molar-refractivity contribution is 0.0250. The molecule has 0 saturated carbocycles. The number of carbonyl (C=O) groups excluding carboxylic acids is 3. The molecule has 0 radical (unpaired) electrons. The number of fused-ring (bicyclic) bond motifs is 1. The van der Waals surface area contributed by atoms with Gasteiger partial charge in [0, 0.05) is 6.07 Å². The molecule has 8 nitrogen and oxygen atoms in total. The molecule has 8 heteroatoms. The smallest absolute Gasteiger partial charge is 0.338 e. The summed E-state index contributed by atoms with van der Waals surface area (Å²) in [6.07, 6.45) is 4.87. The lowest BCUT2D eigenvalue weighted by Crippen LogP contribution is -2.29. The van der Waals surface area contributed by atoms with E-state index in [0.717, 1.165) is 4.90 Å². The molecular weight excluding hydrogens is 402 g/mol. The standard InChI is InChI=1S/C23H21NO7/c1-4-10-30-19-9-7-15(12-20(19)29-3)24-21(26)17-8-6-14(11-18(17)22(24)27)23(28)31-13-16(25)5-2/h1,6-9,11-12,16,25H,5,10,13H2,2-3H3. The van der Waals surface area contributed by atoms with Crippen LogP contribution < -0.4 is 14.4 Å². The summed E-state index contributed by atoms with van der Waals surface area (Å²) in [5.41, 5.74) is 0.649. The van der Waals surface area contributed by atoms with Crippen LogP contribution in [-0.4, -0.2) is 49.3 Å². The molecule has 0 saturated heterocycles. The Morgan fingerprint density at radius 3 is 2.55 bits per heavy atom. The number of esters is 1. The van der Waals surface area contributed by atoms with Gasteiger partial charge in [-0.3, -0.25) is 9.59 Å². The van der Waals surface area contributed by atoms with Gasteiger partial charge in [0.2, 0.25) is 0 Å². The number of hydrogen-bond acceptors (Lipinski definition) is 7. The Morgan fingerprint density at radius 2 is 1.87 bits per heavy atom. The second kappa shape index (κ2) is 9.32. The molecule has 160 valence electrons. The topological polar surface area (TPSA) is 102 Å². The van der Waals surface area contributed by atoms with Crippen molar-refractivity contribution in [2.45, 2.75) is 19.4 Å². The first kappa shape index (κ1) is 21.9. The molecule has 1 heterocycles. The number of aliphatic hydroxyl groups excluding tert-OH is 1. The van der Waals surface area contributed by atoms with E-state index in [1.165, 1.54) is 37.4 Å². The van der Waals surface area contributed by atoms with Crippen LogP contribution in [0.2, 0.25) is 0 Å². The third kappa shape index (κ3) is 4.37. The van der Waals surface area contributed by atoms with Gasteiger partial charge in [-0.15, -0.1) is 6.42 Å². The van der Waals surface area contributed by atoms with Crippen molar-refractivity contribution in [3.05, 3.63) is 53.1 Å². The number of carbonyl (C=O) groups is 3. The van der Waals surface area contributed by atoms with E-state index in [1.807, 2.05) is 0 Å². The molecule has 0 spiro atoms. The molecule has 0 aliphatic carbocycles. The summed E-state index contributed by atoms with van der Waals surface area (Å²) in [4.78, 5) is 39.0. The van der Waals surface area contributed by atoms with E-state index in [0.29, 0.717) is 17.9 Å². The van der Waals surface area contributed by atoms with Crippen LogP contribution in [0.15, 0.2) is 36.4 Å². The second-order valence-corrected chi connectivity index (χ2v) is 6.69. The highest BCUT2D eigenvalue weighted by Gasteiger charge is 2.37. The summed E-state index contributed by atoms with van der Waals surface area (Å²) < 4.78 is 15.7. The molecule has 0 fully saturated rings. The molecule has 2 amide bonds. The predicted molar refractivity (Wildman–Crippen MR) is 111 cm³/mol. The van der Waals surface area contributed by atoms with Gasteiger partial charge in [0.15, 0.2) is 11.5 Å². The van der Waals surface area contributed by atoms with Crippen LogP contribution in [0.5, 0.6) is 11.5 Å². The number of terminal acetylenes is 1. The van der Waals surface area contributed by atoms with Gasteiger partial charge in [0.05, 0.1) is 35.6 Å². The van der Waals surface area contributed by atoms with Gasteiger partial charge in [-0.2, -0.15) is 0 Å². The maximum Gasteiger partial charge on any atom is 0.338 e. The maximum atomic E-state index is 13.0. The molecule has 1 unspecified atom stereocenters. The van der Waals surface area contributed by atoms with Crippen molar-refractivity contribution in [2.75, 3.05) is 25.2 Å². The zero-order valence-electron chi connectivity index (χ0n) is 17.1. The van der Waals surface area contributed by atoms with E-state index >= 15 is 0 Å². The van der Waals surface area contributed by atoms with Crippen molar-refractivity contribution in [3.63, 3.8) is 0 Å². The Balaban J connectivity index is 1.87. The fourth-order valence-electron chi connectivity index (χ4n) is 3.01. The number of methoxy groups -OCH3 is 1. The summed E-state index contributed by atoms with van der Waals surface area (Å²) in [5, 5.41) is 9.54. The van der Waals surface area contributed by atoms with Crippen LogP contribution in [0.25, 0.3) is 0 Å². The summed E-state index contributed by atoms with van der Waals surface area (Å²) in [7, 11) is 1.43. The number of nitrogens with zero attached hydrogens (tertiary/aromatic N) is 1. The second-order valence-electron chi connectivity index (χ2n) is 6.69. The van der Waals surface area contributed by atoms with E-state index in [1.54, 1.807) is 13.0 Å². The minimum Gasteiger partial charge on any atom is -0.493 e. The van der Waals surface area contributed by atoms with Gasteiger partial charge in [-0.05, 0) is 36.8 Å². The molecule has 0 aromatic heterocycles. The zero-order chi connectivity index (χ0) is 22.5. The summed E-state index contributed by atoms with van der Waals surface area (Å²) in [6.45, 7) is 1.64. The van der Waals surface area contributed by atoms with Crippen LogP contribution >= 0.6 is 0 Å². The van der Waals surface area contributed by atoms with Crippen molar-refractivity contribution in [1.29, 1.82) is 0 Å². The summed E-state index contributed by atoms with van der Waals surface area (Å²) >= 11 is 0. The van der Waals surface area contributed by atoms with Gasteiger partial charge >= 0.3 is 5.97 Å². The van der Waals surface area contributed by atoms with Gasteiger partial charge in [-0.25, -0.2) is 9.69 Å². The fraction of sp³-hybridized carbons (Fsp3) is 0.261. The number of aliphatic hydroxyl groups is 1. The van der Waals surface area contributed by atoms with Crippen LogP contribution in [0.4, 0.5) is 5.69 Å². The van der Waals surface area contributed by atoms with Crippen molar-refractivity contribution in [3.8, 4) is 23.8 Å². The first-order valence-corrected chi connectivity index (χ1v) is 9.53. The average Bonchev–Trinajstić information content (AvgIpc) is 3.05. The van der Waals surface area contributed by atoms with Crippen LogP contribution in [-0.2, 0) is 4.74 Å². The summed E-state index contributed by atoms with van der Waals surface area (Å²) in [5.74, 6) is 1.23. The number of amides is 2. The lowest BCUT2D eigenvalue weighted by Gasteiger charge is -2.16. The van der Waals surface area contributed by atoms with Crippen molar-refractivity contribution in [2.24, 2.45) is 0 Å². The molecule has 0 bridgehead atoms. The lowest BCUT2D eigenvalue weighted by atomic mass is 10.1. The van der Waals surface area contributed by atoms with Crippen molar-refractivity contribution in [1.82, 2.24) is 0 Å². The zero-order valence-corrected chi connectivity index (χ0v) is 17.1. The highest BCUT2D eigenvalue weighted by molar-refractivity contribution is 6.34. The van der Waals surface area contributed by atoms with Crippen LogP contribution in [0.3, 0.4) is 0 Å². The van der Waals surface area contributed by atoms with Crippen LogP contribution in [0.1, 0.15) is 44.4 Å². The van der Waals surface area contributed by atoms with Crippen LogP contribution in [0, 0.1) is 12.3 Å². The Morgan fingerprint density at radius 1 is 1.13 bits per heavy atom. The molecule has 1 N–H and O–H groups in total.